The number of nitriles is 1. The Morgan fingerprint density at radius 2 is 2.15 bits per heavy atom. The third-order valence-corrected chi connectivity index (χ3v) is 2.76. The molecule has 0 unspecified atom stereocenters. The van der Waals surface area contributed by atoms with Gasteiger partial charge in [-0.15, -0.1) is 0 Å². The first-order chi connectivity index (χ1) is 9.44. The molecule has 0 aromatic heterocycles. The molecular weight excluding hydrogens is 257 g/mol. The number of nitrogens with zero attached hydrogens (tertiary/aromatic N) is 2. The van der Waals surface area contributed by atoms with E-state index in [1.54, 1.807) is 6.07 Å². The van der Waals surface area contributed by atoms with Gasteiger partial charge in [-0.05, 0) is 44.2 Å². The summed E-state index contributed by atoms with van der Waals surface area (Å²) in [5.41, 5.74) is 0.989. The van der Waals surface area contributed by atoms with E-state index in [-0.39, 0.29) is 18.5 Å². The highest BCUT2D eigenvalue weighted by molar-refractivity contribution is 5.78. The van der Waals surface area contributed by atoms with Crippen molar-refractivity contribution in [3.63, 3.8) is 0 Å². The minimum atomic E-state index is -0.429. The highest BCUT2D eigenvalue weighted by atomic mass is 19.1. The smallest absolute Gasteiger partial charge is 0.234 e. The van der Waals surface area contributed by atoms with Crippen LogP contribution >= 0.6 is 0 Å². The first-order valence-electron chi connectivity index (χ1n) is 6.66. The lowest BCUT2D eigenvalue weighted by atomic mass is 10.1. The van der Waals surface area contributed by atoms with E-state index in [1.165, 1.54) is 12.1 Å². The van der Waals surface area contributed by atoms with Crippen LogP contribution in [0.3, 0.4) is 0 Å². The number of nitrogens with one attached hydrogen (secondary N) is 1. The van der Waals surface area contributed by atoms with Crippen LogP contribution in [-0.2, 0) is 11.3 Å². The van der Waals surface area contributed by atoms with E-state index in [0.717, 1.165) is 0 Å². The molecule has 0 atom stereocenters. The molecule has 1 N–H and O–H groups in total. The van der Waals surface area contributed by atoms with E-state index < -0.39 is 5.82 Å². The van der Waals surface area contributed by atoms with Gasteiger partial charge in [-0.3, -0.25) is 9.69 Å². The molecule has 1 aromatic rings. The van der Waals surface area contributed by atoms with Gasteiger partial charge in [0.2, 0.25) is 5.91 Å². The standard InChI is InChI=1S/C15H20FN3O/c1-4-19(10-15(20)18-11(2)3)9-13-5-12(8-17)6-14(16)7-13/h5-7,11H,4,9-10H2,1-3H3,(H,18,20). The lowest BCUT2D eigenvalue weighted by molar-refractivity contribution is -0.122. The average Bonchev–Trinajstić information content (AvgIpc) is 2.36. The summed E-state index contributed by atoms with van der Waals surface area (Å²) in [5, 5.41) is 11.6. The summed E-state index contributed by atoms with van der Waals surface area (Å²) in [4.78, 5) is 13.6. The summed E-state index contributed by atoms with van der Waals surface area (Å²) in [6.07, 6.45) is 0. The van der Waals surface area contributed by atoms with Crippen LogP contribution in [-0.4, -0.2) is 29.9 Å². The summed E-state index contributed by atoms with van der Waals surface area (Å²) in [6, 6.07) is 6.26. The summed E-state index contributed by atoms with van der Waals surface area (Å²) in [7, 11) is 0. The molecule has 0 saturated heterocycles. The molecule has 0 aliphatic rings. The van der Waals surface area contributed by atoms with Crippen molar-refractivity contribution < 1.29 is 9.18 Å². The molecule has 1 rings (SSSR count). The Bertz CT molecular complexity index is 508. The largest absolute Gasteiger partial charge is 0.353 e. The Labute approximate surface area is 119 Å². The SMILES string of the molecule is CCN(CC(=O)NC(C)C)Cc1cc(F)cc(C#N)c1. The summed E-state index contributed by atoms with van der Waals surface area (Å²) in [5.74, 6) is -0.486. The van der Waals surface area contributed by atoms with E-state index in [0.29, 0.717) is 24.2 Å². The highest BCUT2D eigenvalue weighted by Gasteiger charge is 2.11. The minimum absolute atomic E-state index is 0.0567. The van der Waals surface area contributed by atoms with Crippen molar-refractivity contribution in [2.75, 3.05) is 13.1 Å². The Morgan fingerprint density at radius 3 is 2.70 bits per heavy atom. The molecule has 0 aliphatic carbocycles. The maximum Gasteiger partial charge on any atom is 0.234 e. The zero-order chi connectivity index (χ0) is 15.1. The van der Waals surface area contributed by atoms with Crippen LogP contribution in [0.1, 0.15) is 31.9 Å². The predicted molar refractivity (Wildman–Crippen MR) is 75.3 cm³/mol. The van der Waals surface area contributed by atoms with E-state index in [2.05, 4.69) is 5.32 Å². The zero-order valence-corrected chi connectivity index (χ0v) is 12.1. The van der Waals surface area contributed by atoms with Gasteiger partial charge in [0.25, 0.3) is 0 Å². The first kappa shape index (κ1) is 16.1. The molecule has 0 heterocycles. The monoisotopic (exact) mass is 277 g/mol. The lowest BCUT2D eigenvalue weighted by Gasteiger charge is -2.21. The van der Waals surface area contributed by atoms with Crippen LogP contribution in [0.2, 0.25) is 0 Å². The Balaban J connectivity index is 2.71. The van der Waals surface area contributed by atoms with Gasteiger partial charge in [-0.2, -0.15) is 5.26 Å². The van der Waals surface area contributed by atoms with Gasteiger partial charge < -0.3 is 5.32 Å². The lowest BCUT2D eigenvalue weighted by Crippen LogP contribution is -2.39. The Morgan fingerprint density at radius 1 is 1.45 bits per heavy atom. The molecule has 108 valence electrons. The van der Waals surface area contributed by atoms with Gasteiger partial charge in [0, 0.05) is 12.6 Å². The fourth-order valence-corrected chi connectivity index (χ4v) is 1.91. The molecular formula is C15H20FN3O. The fraction of sp³-hybridized carbons (Fsp3) is 0.467. The van der Waals surface area contributed by atoms with Gasteiger partial charge >= 0.3 is 0 Å². The number of amides is 1. The van der Waals surface area contributed by atoms with Crippen LogP contribution in [0.15, 0.2) is 18.2 Å². The fourth-order valence-electron chi connectivity index (χ4n) is 1.91. The second-order valence-electron chi connectivity index (χ2n) is 4.99. The number of hydrogen-bond acceptors (Lipinski definition) is 3. The molecule has 0 aliphatic heterocycles. The van der Waals surface area contributed by atoms with Crippen LogP contribution in [0.4, 0.5) is 4.39 Å². The molecule has 0 spiro atoms. The molecule has 20 heavy (non-hydrogen) atoms. The highest BCUT2D eigenvalue weighted by Crippen LogP contribution is 2.11. The molecule has 0 saturated carbocycles. The van der Waals surface area contributed by atoms with E-state index in [1.807, 2.05) is 31.7 Å². The number of carbonyl (C=O) groups excluding carboxylic acids is 1. The number of halogens is 1. The van der Waals surface area contributed by atoms with E-state index >= 15 is 0 Å². The second-order valence-corrected chi connectivity index (χ2v) is 4.99. The Hall–Kier alpha value is -1.93. The minimum Gasteiger partial charge on any atom is -0.353 e. The maximum absolute atomic E-state index is 13.4. The molecule has 0 radical (unpaired) electrons. The number of benzene rings is 1. The second kappa shape index (κ2) is 7.61. The molecule has 0 bridgehead atoms. The molecule has 0 fully saturated rings. The number of carbonyl (C=O) groups is 1. The maximum atomic E-state index is 13.4. The normalized spacial score (nSPS) is 10.7. The van der Waals surface area contributed by atoms with Crippen molar-refractivity contribution in [2.45, 2.75) is 33.4 Å². The van der Waals surface area contributed by atoms with Crippen molar-refractivity contribution in [2.24, 2.45) is 0 Å². The number of hydrogen-bond donors (Lipinski definition) is 1. The van der Waals surface area contributed by atoms with Crippen LogP contribution < -0.4 is 5.32 Å². The van der Waals surface area contributed by atoms with Crippen molar-refractivity contribution >= 4 is 5.91 Å². The van der Waals surface area contributed by atoms with Gasteiger partial charge in [0.15, 0.2) is 0 Å². The third kappa shape index (κ3) is 5.37. The summed E-state index contributed by atoms with van der Waals surface area (Å²) >= 11 is 0. The average molecular weight is 277 g/mol. The van der Waals surface area contributed by atoms with E-state index in [9.17, 15) is 9.18 Å². The van der Waals surface area contributed by atoms with E-state index in [4.69, 9.17) is 5.26 Å². The van der Waals surface area contributed by atoms with Gasteiger partial charge in [-0.25, -0.2) is 4.39 Å². The summed E-state index contributed by atoms with van der Waals surface area (Å²) in [6.45, 7) is 7.11. The van der Waals surface area contributed by atoms with Crippen LogP contribution in [0.25, 0.3) is 0 Å². The third-order valence-electron chi connectivity index (χ3n) is 2.76. The van der Waals surface area contributed by atoms with Gasteiger partial charge in [0.05, 0.1) is 18.2 Å². The van der Waals surface area contributed by atoms with Crippen molar-refractivity contribution in [1.82, 2.24) is 10.2 Å². The van der Waals surface area contributed by atoms with Gasteiger partial charge in [0.1, 0.15) is 5.82 Å². The Kier molecular flexibility index (Phi) is 6.13. The van der Waals surface area contributed by atoms with Crippen molar-refractivity contribution in [3.05, 3.63) is 35.1 Å². The quantitative estimate of drug-likeness (QED) is 0.865. The predicted octanol–water partition coefficient (Wildman–Crippen LogP) is 2.04. The summed E-state index contributed by atoms with van der Waals surface area (Å²) < 4.78 is 13.4. The van der Waals surface area contributed by atoms with Crippen LogP contribution in [0, 0.1) is 17.1 Å². The van der Waals surface area contributed by atoms with Crippen LogP contribution in [0.5, 0.6) is 0 Å². The number of rotatable bonds is 6. The molecule has 4 nitrogen and oxygen atoms in total. The van der Waals surface area contributed by atoms with Gasteiger partial charge in [-0.1, -0.05) is 6.92 Å². The molecule has 5 heteroatoms. The molecule has 1 aromatic carbocycles. The number of likely N-dealkylation sites (N-methyl/N-ethyl adjacent to an activating group) is 1. The zero-order valence-electron chi connectivity index (χ0n) is 12.1. The topological polar surface area (TPSA) is 56.1 Å². The molecule has 1 amide bonds. The van der Waals surface area contributed by atoms with Crippen molar-refractivity contribution in [3.8, 4) is 6.07 Å². The first-order valence-corrected chi connectivity index (χ1v) is 6.66. The van der Waals surface area contributed by atoms with Crippen molar-refractivity contribution in [1.29, 1.82) is 5.26 Å².